The Labute approximate surface area is 285 Å². The van der Waals surface area contributed by atoms with Crippen molar-refractivity contribution in [1.29, 1.82) is 0 Å². The number of terminal acetylenes is 1. The van der Waals surface area contributed by atoms with Gasteiger partial charge in [-0.15, -0.1) is 24.1 Å². The third-order valence-electron chi connectivity index (χ3n) is 8.17. The molecule has 1 atom stereocenters. The van der Waals surface area contributed by atoms with Crippen molar-refractivity contribution in [2.75, 3.05) is 34.5 Å². The van der Waals surface area contributed by atoms with Crippen molar-refractivity contribution in [3.05, 3.63) is 53.7 Å². The molecule has 15 heteroatoms. The van der Waals surface area contributed by atoms with Crippen LogP contribution in [0, 0.1) is 17.6 Å². The van der Waals surface area contributed by atoms with Gasteiger partial charge in [0.05, 0.1) is 16.3 Å². The number of nitrogens with one attached hydrogen (secondary N) is 2. The first-order chi connectivity index (χ1) is 22.0. The van der Waals surface area contributed by atoms with E-state index in [0.29, 0.717) is 43.7 Å². The molecule has 0 radical (unpaired) electrons. The summed E-state index contributed by atoms with van der Waals surface area (Å²) in [6, 6.07) is 13.4. The highest BCUT2D eigenvalue weighted by Crippen LogP contribution is 2.37. The number of carbonyl (C=O) groups is 1. The quantitative estimate of drug-likeness (QED) is 0.0564. The average Bonchev–Trinajstić information content (AvgIpc) is 3.84. The highest BCUT2D eigenvalue weighted by atomic mass is 127. The number of halogens is 2. The van der Waals surface area contributed by atoms with Crippen molar-refractivity contribution in [3.8, 4) is 12.3 Å². The molecule has 1 fully saturated rings. The van der Waals surface area contributed by atoms with E-state index in [1.165, 1.54) is 12.1 Å². The molecule has 2 aromatic carbocycles. The lowest BCUT2D eigenvalue weighted by Crippen LogP contribution is -2.46. The van der Waals surface area contributed by atoms with Crippen LogP contribution in [0.3, 0.4) is 0 Å². The SMILES string of the molecule is C#CCCC1(CCN(C)CC[C@H](CSc2ccccc2)Nc2ccc(S(=O)(=O)NC(=O)C3(F)CCCCC3)cc2N([O-])I=O)N=N1. The maximum absolute atomic E-state index is 15.2. The van der Waals surface area contributed by atoms with Gasteiger partial charge in [-0.05, 0) is 76.0 Å². The van der Waals surface area contributed by atoms with Crippen LogP contribution in [-0.2, 0) is 17.9 Å². The van der Waals surface area contributed by atoms with E-state index in [9.17, 15) is 21.5 Å². The number of nitrogens with zero attached hydrogens (tertiary/aromatic N) is 4. The fourth-order valence-corrected chi connectivity index (χ4v) is 7.91. The van der Waals surface area contributed by atoms with E-state index in [1.807, 2.05) is 42.1 Å². The molecule has 0 unspecified atom stereocenters. The summed E-state index contributed by atoms with van der Waals surface area (Å²) in [5, 5.41) is 24.5. The molecule has 1 aliphatic carbocycles. The molecule has 2 aliphatic rings. The number of benzene rings is 2. The second-order valence-corrected chi connectivity index (χ2v) is 15.7. The van der Waals surface area contributed by atoms with Crippen molar-refractivity contribution in [3.63, 3.8) is 0 Å². The predicted molar refractivity (Wildman–Crippen MR) is 186 cm³/mol. The zero-order valence-corrected chi connectivity index (χ0v) is 29.5. The number of sulfonamides is 1. The summed E-state index contributed by atoms with van der Waals surface area (Å²) in [6.07, 6.45) is 9.85. The Morgan fingerprint density at radius 3 is 2.52 bits per heavy atom. The third kappa shape index (κ3) is 10.2. The Hall–Kier alpha value is -2.65. The minimum atomic E-state index is -4.50. The summed E-state index contributed by atoms with van der Waals surface area (Å²) in [5.74, 6) is 2.05. The van der Waals surface area contributed by atoms with Gasteiger partial charge in [-0.25, -0.2) is 20.6 Å². The number of hydrogen-bond donors (Lipinski definition) is 2. The van der Waals surface area contributed by atoms with E-state index >= 15 is 4.39 Å². The number of carbonyl (C=O) groups excluding carboxylic acids is 1. The number of rotatable bonds is 18. The summed E-state index contributed by atoms with van der Waals surface area (Å²) >= 11 is -0.612. The minimum Gasteiger partial charge on any atom is -0.747 e. The number of thioether (sulfide) groups is 1. The Morgan fingerprint density at radius 2 is 1.87 bits per heavy atom. The van der Waals surface area contributed by atoms with Crippen LogP contribution in [0.1, 0.15) is 57.8 Å². The molecular formula is C31H39FIN6O5S2-. The van der Waals surface area contributed by atoms with Crippen LogP contribution in [0.5, 0.6) is 0 Å². The molecule has 1 saturated carbocycles. The molecule has 0 spiro atoms. The first kappa shape index (κ1) is 36.2. The molecule has 46 heavy (non-hydrogen) atoms. The molecule has 0 saturated heterocycles. The smallest absolute Gasteiger partial charge is 0.271 e. The molecule has 0 aromatic heterocycles. The highest BCUT2D eigenvalue weighted by Gasteiger charge is 2.42. The van der Waals surface area contributed by atoms with Crippen LogP contribution in [0.25, 0.3) is 0 Å². The lowest BCUT2D eigenvalue weighted by atomic mass is 9.86. The standard InChI is InChI=1S/C31H39FIN6O5S2/c1-3-4-18-31(36-37-31)19-21-38(2)20-15-24(23-45-25-11-7-5-8-12-25)34-27-14-13-26(22-28(27)39(42)33-41)46(43,44)35-29(40)30(32)16-9-6-10-17-30/h1,5,7-8,11-14,22,24,34H,4,6,9-10,15-21,23H2,2H3,(H,35,40)/q-1/t24-/m1/s1. The summed E-state index contributed by atoms with van der Waals surface area (Å²) in [6.45, 7) is 1.46. The van der Waals surface area contributed by atoms with E-state index < -0.39 is 48.0 Å². The average molecular weight is 786 g/mol. The van der Waals surface area contributed by atoms with Gasteiger partial charge < -0.3 is 18.7 Å². The molecule has 2 N–H and O–H groups in total. The number of alkyl halides is 1. The van der Waals surface area contributed by atoms with Gasteiger partial charge in [0, 0.05) is 42.5 Å². The summed E-state index contributed by atoms with van der Waals surface area (Å²) < 4.78 is 55.3. The lowest BCUT2D eigenvalue weighted by Gasteiger charge is -2.29. The fourth-order valence-electron chi connectivity index (χ4n) is 5.25. The van der Waals surface area contributed by atoms with Crippen molar-refractivity contribution in [2.24, 2.45) is 10.2 Å². The number of hydrogen-bond acceptors (Lipinski definition) is 10. The Bertz CT molecular complexity index is 1530. The van der Waals surface area contributed by atoms with Crippen LogP contribution in [-0.4, -0.2) is 62.5 Å². The zero-order chi connectivity index (χ0) is 33.2. The van der Waals surface area contributed by atoms with Crippen molar-refractivity contribution in [1.82, 2.24) is 9.62 Å². The molecule has 4 rings (SSSR count). The van der Waals surface area contributed by atoms with Gasteiger partial charge in [0.15, 0.2) is 11.3 Å². The maximum atomic E-state index is 15.2. The van der Waals surface area contributed by atoms with Gasteiger partial charge in [0.1, 0.15) is 0 Å². The molecule has 250 valence electrons. The Morgan fingerprint density at radius 1 is 1.15 bits per heavy atom. The molecule has 1 aliphatic heterocycles. The van der Waals surface area contributed by atoms with Gasteiger partial charge in [-0.3, -0.25) is 4.79 Å². The molecular weight excluding hydrogens is 746 g/mol. The maximum Gasteiger partial charge on any atom is 0.271 e. The monoisotopic (exact) mass is 785 g/mol. The van der Waals surface area contributed by atoms with E-state index in [2.05, 4.69) is 26.4 Å². The van der Waals surface area contributed by atoms with Gasteiger partial charge >= 0.3 is 0 Å². The second kappa shape index (κ2) is 16.4. The van der Waals surface area contributed by atoms with Crippen molar-refractivity contribution >= 4 is 60.5 Å². The third-order valence-corrected chi connectivity index (χ3v) is 11.6. The van der Waals surface area contributed by atoms with E-state index in [0.717, 1.165) is 36.8 Å². The molecule has 0 bridgehead atoms. The van der Waals surface area contributed by atoms with Gasteiger partial charge in [-0.2, -0.15) is 10.2 Å². The van der Waals surface area contributed by atoms with Crippen LogP contribution in [0.4, 0.5) is 15.8 Å². The van der Waals surface area contributed by atoms with Gasteiger partial charge in [-0.1, -0.05) is 24.6 Å². The van der Waals surface area contributed by atoms with E-state index in [1.54, 1.807) is 11.8 Å². The summed E-state index contributed by atoms with van der Waals surface area (Å²) in [7, 11) is -2.50. The van der Waals surface area contributed by atoms with Crippen LogP contribution >= 0.6 is 33.2 Å². The Kier molecular flexibility index (Phi) is 12.9. The van der Waals surface area contributed by atoms with Gasteiger partial charge in [0.2, 0.25) is 0 Å². The van der Waals surface area contributed by atoms with E-state index in [-0.39, 0.29) is 33.5 Å². The van der Waals surface area contributed by atoms with Crippen molar-refractivity contribution in [2.45, 2.75) is 85.0 Å². The summed E-state index contributed by atoms with van der Waals surface area (Å²) in [5.41, 5.74) is -2.48. The number of amides is 1. The second-order valence-electron chi connectivity index (χ2n) is 11.6. The minimum absolute atomic E-state index is 0.0493. The highest BCUT2D eigenvalue weighted by molar-refractivity contribution is 14.1. The largest absolute Gasteiger partial charge is 0.747 e. The lowest BCUT2D eigenvalue weighted by molar-refractivity contribution is -0.133. The molecule has 1 heterocycles. The van der Waals surface area contributed by atoms with E-state index in [4.69, 9.17) is 6.42 Å². The molecule has 2 aromatic rings. The summed E-state index contributed by atoms with van der Waals surface area (Å²) in [4.78, 5) is 15.5. The van der Waals surface area contributed by atoms with Crippen molar-refractivity contribution < 1.29 is 20.7 Å². The number of anilines is 2. The first-order valence-corrected chi connectivity index (χ1v) is 19.5. The fraction of sp³-hybridized carbons (Fsp3) is 0.516. The molecule has 11 nitrogen and oxygen atoms in total. The van der Waals surface area contributed by atoms with Crippen LogP contribution in [0.15, 0.2) is 68.6 Å². The molecule has 1 amide bonds. The van der Waals surface area contributed by atoms with Crippen LogP contribution < -0.4 is 13.3 Å². The normalized spacial score (nSPS) is 17.2. The van der Waals surface area contributed by atoms with Gasteiger partial charge in [0.25, 0.3) is 37.4 Å². The topological polar surface area (TPSA) is 147 Å². The van der Waals surface area contributed by atoms with Crippen LogP contribution in [0.2, 0.25) is 0 Å². The Balaban J connectivity index is 1.48. The zero-order valence-electron chi connectivity index (χ0n) is 25.7. The first-order valence-electron chi connectivity index (χ1n) is 15.1. The predicted octanol–water partition coefficient (Wildman–Crippen LogP) is 6.56.